The molecule has 9 heteroatoms. The van der Waals surface area contributed by atoms with Crippen LogP contribution in [0.1, 0.15) is 24.1 Å². The summed E-state index contributed by atoms with van der Waals surface area (Å²) in [4.78, 5) is 18.2. The van der Waals surface area contributed by atoms with E-state index >= 15 is 0 Å². The van der Waals surface area contributed by atoms with Gasteiger partial charge in [-0.3, -0.25) is 4.79 Å². The Kier molecular flexibility index (Phi) is 6.73. The molecule has 0 saturated carbocycles. The molecule has 1 unspecified atom stereocenters. The van der Waals surface area contributed by atoms with Crippen molar-refractivity contribution in [1.82, 2.24) is 14.8 Å². The number of ether oxygens (including phenoxy) is 1. The van der Waals surface area contributed by atoms with Crippen molar-refractivity contribution in [2.45, 2.75) is 23.9 Å². The van der Waals surface area contributed by atoms with E-state index in [0.29, 0.717) is 45.1 Å². The number of hydrogen-bond donors (Lipinski definition) is 2. The molecule has 0 bridgehead atoms. The highest BCUT2D eigenvalue weighted by Crippen LogP contribution is 2.40. The molecule has 2 N–H and O–H groups in total. The van der Waals surface area contributed by atoms with E-state index in [1.807, 2.05) is 61.5 Å². The lowest BCUT2D eigenvalue weighted by molar-refractivity contribution is -0.113. The lowest BCUT2D eigenvalue weighted by Gasteiger charge is -2.29. The summed E-state index contributed by atoms with van der Waals surface area (Å²) in [5.41, 5.74) is 3.18. The van der Waals surface area contributed by atoms with Crippen molar-refractivity contribution in [2.24, 2.45) is 0 Å². The topological polar surface area (TPSA) is 81.1 Å². The number of carbonyl (C=O) groups is 1. The van der Waals surface area contributed by atoms with Crippen molar-refractivity contribution < 1.29 is 13.9 Å². The zero-order valence-corrected chi connectivity index (χ0v) is 20.6. The molecule has 2 heterocycles. The number of halogens is 1. The van der Waals surface area contributed by atoms with Crippen molar-refractivity contribution in [3.8, 4) is 5.75 Å². The van der Waals surface area contributed by atoms with Gasteiger partial charge in [-0.15, -0.1) is 5.10 Å². The number of methoxy groups -OCH3 is 1. The Bertz CT molecular complexity index is 1440. The van der Waals surface area contributed by atoms with Gasteiger partial charge in [0, 0.05) is 22.7 Å². The third-order valence-corrected chi connectivity index (χ3v) is 6.74. The molecular formula is C27H24FN5O2S. The first-order valence-corrected chi connectivity index (χ1v) is 12.3. The van der Waals surface area contributed by atoms with E-state index in [0.717, 1.165) is 5.56 Å². The molecule has 0 saturated heterocycles. The number of thioether (sulfide) groups is 1. The average Bonchev–Trinajstić information content (AvgIpc) is 3.30. The molecule has 1 amide bonds. The maximum atomic E-state index is 14.1. The first-order valence-electron chi connectivity index (χ1n) is 11.3. The van der Waals surface area contributed by atoms with Crippen molar-refractivity contribution in [1.29, 1.82) is 0 Å². The fourth-order valence-corrected chi connectivity index (χ4v) is 4.96. The monoisotopic (exact) mass is 501 g/mol. The molecular weight excluding hydrogens is 477 g/mol. The summed E-state index contributed by atoms with van der Waals surface area (Å²) in [6.45, 7) is 1.84. The predicted molar refractivity (Wildman–Crippen MR) is 139 cm³/mol. The number of nitrogens with one attached hydrogen (secondary N) is 2. The van der Waals surface area contributed by atoms with Crippen LogP contribution in [0.25, 0.3) is 0 Å². The number of aromatic nitrogens is 3. The van der Waals surface area contributed by atoms with Gasteiger partial charge in [0.15, 0.2) is 0 Å². The Labute approximate surface area is 212 Å². The molecule has 7 nitrogen and oxygen atoms in total. The number of carbonyl (C=O) groups excluding carboxylic acids is 1. The standard InChI is InChI=1S/C27H24FN5O2S/c1-17-23(25(34)30-19-11-4-3-5-12-19)24(20-13-7-9-15-22(20)35-2)33-26(29-17)31-27(32-33)36-16-18-10-6-8-14-21(18)28/h3-15,24H,16H2,1-2H3,(H,30,34)(H,29,31,32). The Balaban J connectivity index is 1.53. The number of anilines is 2. The van der Waals surface area contributed by atoms with Gasteiger partial charge in [-0.1, -0.05) is 66.4 Å². The molecule has 0 fully saturated rings. The van der Waals surface area contributed by atoms with Crippen LogP contribution < -0.4 is 15.4 Å². The molecule has 0 aliphatic carbocycles. The molecule has 1 aliphatic heterocycles. The first-order chi connectivity index (χ1) is 17.5. The third-order valence-electron chi connectivity index (χ3n) is 5.86. The Morgan fingerprint density at radius 1 is 1.08 bits per heavy atom. The van der Waals surface area contributed by atoms with Crippen LogP contribution in [0, 0.1) is 5.82 Å². The summed E-state index contributed by atoms with van der Waals surface area (Å²) in [7, 11) is 1.60. The normalized spacial score (nSPS) is 14.7. The van der Waals surface area contributed by atoms with Crippen LogP contribution in [0.5, 0.6) is 5.75 Å². The van der Waals surface area contributed by atoms with Crippen LogP contribution >= 0.6 is 11.8 Å². The van der Waals surface area contributed by atoms with E-state index in [2.05, 4.69) is 15.6 Å². The van der Waals surface area contributed by atoms with E-state index in [9.17, 15) is 9.18 Å². The van der Waals surface area contributed by atoms with Gasteiger partial charge in [0.2, 0.25) is 11.1 Å². The van der Waals surface area contributed by atoms with Crippen molar-refractivity contribution in [3.05, 3.63) is 107 Å². The van der Waals surface area contributed by atoms with Gasteiger partial charge in [0.05, 0.1) is 12.7 Å². The van der Waals surface area contributed by atoms with Crippen LogP contribution in [0.15, 0.2) is 95.3 Å². The second-order valence-electron chi connectivity index (χ2n) is 8.17. The number of rotatable bonds is 7. The summed E-state index contributed by atoms with van der Waals surface area (Å²) in [6.07, 6.45) is 0. The summed E-state index contributed by atoms with van der Waals surface area (Å²) in [5, 5.41) is 11.4. The Hall–Kier alpha value is -4.11. The number of hydrogen-bond acceptors (Lipinski definition) is 6. The second-order valence-corrected chi connectivity index (χ2v) is 9.11. The minimum absolute atomic E-state index is 0.260. The minimum atomic E-state index is -0.587. The van der Waals surface area contributed by atoms with Gasteiger partial charge >= 0.3 is 0 Å². The summed E-state index contributed by atoms with van der Waals surface area (Å²) in [6, 6.07) is 22.9. The molecule has 1 aromatic heterocycles. The van der Waals surface area contributed by atoms with Gasteiger partial charge in [0.25, 0.3) is 5.91 Å². The molecule has 3 aromatic carbocycles. The zero-order chi connectivity index (χ0) is 25.1. The van der Waals surface area contributed by atoms with E-state index in [1.54, 1.807) is 30.0 Å². The van der Waals surface area contributed by atoms with E-state index < -0.39 is 6.04 Å². The second kappa shape index (κ2) is 10.2. The molecule has 182 valence electrons. The molecule has 0 spiro atoms. The van der Waals surface area contributed by atoms with Crippen LogP contribution in [0.2, 0.25) is 0 Å². The number of fused-ring (bicyclic) bond motifs is 1. The molecule has 5 rings (SSSR count). The van der Waals surface area contributed by atoms with Crippen LogP contribution in [0.3, 0.4) is 0 Å². The highest BCUT2D eigenvalue weighted by atomic mass is 32.2. The summed E-state index contributed by atoms with van der Waals surface area (Å²) < 4.78 is 21.4. The molecule has 1 aliphatic rings. The molecule has 4 aromatic rings. The fraction of sp³-hybridized carbons (Fsp3) is 0.148. The predicted octanol–water partition coefficient (Wildman–Crippen LogP) is 5.65. The number of benzene rings is 3. The van der Waals surface area contributed by atoms with Gasteiger partial charge in [-0.2, -0.15) is 4.98 Å². The first kappa shape index (κ1) is 23.6. The Morgan fingerprint density at radius 2 is 1.81 bits per heavy atom. The van der Waals surface area contributed by atoms with Gasteiger partial charge in [-0.05, 0) is 36.8 Å². The van der Waals surface area contributed by atoms with Crippen LogP contribution in [-0.2, 0) is 10.5 Å². The minimum Gasteiger partial charge on any atom is -0.496 e. The average molecular weight is 502 g/mol. The quantitative estimate of drug-likeness (QED) is 0.319. The van der Waals surface area contributed by atoms with Crippen molar-refractivity contribution in [3.63, 3.8) is 0 Å². The number of nitrogens with zero attached hydrogens (tertiary/aromatic N) is 3. The smallest absolute Gasteiger partial charge is 0.255 e. The SMILES string of the molecule is COc1ccccc1C1C(C(=O)Nc2ccccc2)=C(C)Nc2nc(SCc3ccccc3F)nn21. The van der Waals surface area contributed by atoms with Gasteiger partial charge in [-0.25, -0.2) is 9.07 Å². The van der Waals surface area contributed by atoms with Crippen molar-refractivity contribution >= 4 is 29.3 Å². The van der Waals surface area contributed by atoms with E-state index in [1.165, 1.54) is 17.8 Å². The molecule has 1 atom stereocenters. The lowest BCUT2D eigenvalue weighted by Crippen LogP contribution is -2.31. The molecule has 36 heavy (non-hydrogen) atoms. The maximum Gasteiger partial charge on any atom is 0.255 e. The van der Waals surface area contributed by atoms with E-state index in [-0.39, 0.29) is 11.7 Å². The van der Waals surface area contributed by atoms with Gasteiger partial charge in [0.1, 0.15) is 17.6 Å². The third kappa shape index (κ3) is 4.70. The summed E-state index contributed by atoms with van der Waals surface area (Å²) in [5.74, 6) is 0.976. The van der Waals surface area contributed by atoms with Crippen molar-refractivity contribution in [2.75, 3.05) is 17.7 Å². The lowest BCUT2D eigenvalue weighted by atomic mass is 9.94. The summed E-state index contributed by atoms with van der Waals surface area (Å²) >= 11 is 1.33. The van der Waals surface area contributed by atoms with Crippen LogP contribution in [0.4, 0.5) is 16.0 Å². The van der Waals surface area contributed by atoms with Crippen LogP contribution in [-0.4, -0.2) is 27.8 Å². The Morgan fingerprint density at radius 3 is 2.58 bits per heavy atom. The number of amides is 1. The van der Waals surface area contributed by atoms with Gasteiger partial charge < -0.3 is 15.4 Å². The molecule has 0 radical (unpaired) electrons. The van der Waals surface area contributed by atoms with E-state index in [4.69, 9.17) is 9.84 Å². The maximum absolute atomic E-state index is 14.1. The zero-order valence-electron chi connectivity index (χ0n) is 19.7. The highest BCUT2D eigenvalue weighted by Gasteiger charge is 2.36. The number of para-hydroxylation sites is 2. The number of allylic oxidation sites excluding steroid dienone is 1. The largest absolute Gasteiger partial charge is 0.496 e. The highest BCUT2D eigenvalue weighted by molar-refractivity contribution is 7.98. The fourth-order valence-electron chi connectivity index (χ4n) is 4.14.